The fraction of sp³-hybridized carbons (Fsp3) is 0.533. The first-order chi connectivity index (χ1) is 8.67. The van der Waals surface area contributed by atoms with E-state index in [0.717, 1.165) is 43.4 Å². The molecule has 1 fully saturated rings. The van der Waals surface area contributed by atoms with Crippen molar-refractivity contribution in [3.05, 3.63) is 28.8 Å². The van der Waals surface area contributed by atoms with E-state index < -0.39 is 11.4 Å². The molecule has 18 heavy (non-hydrogen) atoms. The van der Waals surface area contributed by atoms with Crippen LogP contribution in [0.15, 0.2) is 12.1 Å². The molecule has 0 bridgehead atoms. The highest BCUT2D eigenvalue weighted by atomic mass is 16.5. The van der Waals surface area contributed by atoms with E-state index in [1.165, 1.54) is 17.5 Å². The summed E-state index contributed by atoms with van der Waals surface area (Å²) < 4.78 is 5.44. The molecule has 0 spiro atoms. The number of fused-ring (bicyclic) bond motifs is 1. The van der Waals surface area contributed by atoms with E-state index >= 15 is 0 Å². The van der Waals surface area contributed by atoms with Crippen LogP contribution < -0.4 is 4.74 Å². The number of rotatable bonds is 3. The fourth-order valence-corrected chi connectivity index (χ4v) is 3.27. The van der Waals surface area contributed by atoms with Gasteiger partial charge in [-0.25, -0.2) is 0 Å². The Bertz CT molecular complexity index is 501. The van der Waals surface area contributed by atoms with Gasteiger partial charge in [0, 0.05) is 5.56 Å². The Balaban J connectivity index is 2.13. The van der Waals surface area contributed by atoms with Crippen molar-refractivity contribution in [2.24, 2.45) is 0 Å². The second kappa shape index (κ2) is 4.01. The van der Waals surface area contributed by atoms with Crippen LogP contribution in [0.5, 0.6) is 5.75 Å². The summed E-state index contributed by atoms with van der Waals surface area (Å²) in [5, 5.41) is 9.55. The zero-order valence-corrected chi connectivity index (χ0v) is 10.7. The SMILES string of the molecule is COc1cc2c(cc1C1(C(=O)O)CCC1)CCC2. The van der Waals surface area contributed by atoms with Crippen LogP contribution >= 0.6 is 0 Å². The molecule has 2 aliphatic rings. The summed E-state index contributed by atoms with van der Waals surface area (Å²) in [4.78, 5) is 11.6. The summed E-state index contributed by atoms with van der Waals surface area (Å²) in [6, 6.07) is 4.15. The zero-order chi connectivity index (χ0) is 12.8. The first kappa shape index (κ1) is 11.6. The Morgan fingerprint density at radius 2 is 1.89 bits per heavy atom. The zero-order valence-electron chi connectivity index (χ0n) is 10.7. The highest BCUT2D eigenvalue weighted by Crippen LogP contribution is 2.48. The van der Waals surface area contributed by atoms with Gasteiger partial charge >= 0.3 is 5.97 Å². The quantitative estimate of drug-likeness (QED) is 0.892. The van der Waals surface area contributed by atoms with E-state index in [4.69, 9.17) is 4.74 Å². The van der Waals surface area contributed by atoms with Gasteiger partial charge in [-0.05, 0) is 49.3 Å². The Morgan fingerprint density at radius 3 is 2.39 bits per heavy atom. The average molecular weight is 246 g/mol. The van der Waals surface area contributed by atoms with Crippen molar-refractivity contribution in [3.63, 3.8) is 0 Å². The third kappa shape index (κ3) is 1.46. The number of aliphatic carboxylic acids is 1. The van der Waals surface area contributed by atoms with Crippen molar-refractivity contribution in [1.29, 1.82) is 0 Å². The largest absolute Gasteiger partial charge is 0.496 e. The van der Waals surface area contributed by atoms with Crippen molar-refractivity contribution < 1.29 is 14.6 Å². The van der Waals surface area contributed by atoms with Gasteiger partial charge in [-0.3, -0.25) is 4.79 Å². The molecule has 1 aromatic carbocycles. The second-order valence-electron chi connectivity index (χ2n) is 5.42. The highest BCUT2D eigenvalue weighted by Gasteiger charge is 2.48. The van der Waals surface area contributed by atoms with Crippen molar-refractivity contribution in [2.45, 2.75) is 43.9 Å². The van der Waals surface area contributed by atoms with E-state index in [1.807, 2.05) is 0 Å². The Labute approximate surface area is 107 Å². The molecule has 0 aromatic heterocycles. The number of carbonyl (C=O) groups is 1. The lowest BCUT2D eigenvalue weighted by Gasteiger charge is -2.39. The van der Waals surface area contributed by atoms with E-state index in [-0.39, 0.29) is 0 Å². The Morgan fingerprint density at radius 1 is 1.22 bits per heavy atom. The molecule has 0 heterocycles. The van der Waals surface area contributed by atoms with Gasteiger partial charge in [-0.15, -0.1) is 0 Å². The fourth-order valence-electron chi connectivity index (χ4n) is 3.27. The van der Waals surface area contributed by atoms with Crippen molar-refractivity contribution in [1.82, 2.24) is 0 Å². The molecule has 1 N–H and O–H groups in total. The summed E-state index contributed by atoms with van der Waals surface area (Å²) in [7, 11) is 1.63. The summed E-state index contributed by atoms with van der Waals surface area (Å²) in [6.07, 6.45) is 5.79. The van der Waals surface area contributed by atoms with Crippen LogP contribution in [0.3, 0.4) is 0 Å². The molecule has 1 aromatic rings. The van der Waals surface area contributed by atoms with E-state index in [0.29, 0.717) is 0 Å². The number of hydrogen-bond acceptors (Lipinski definition) is 2. The Hall–Kier alpha value is -1.51. The van der Waals surface area contributed by atoms with Crippen LogP contribution in [0.25, 0.3) is 0 Å². The summed E-state index contributed by atoms with van der Waals surface area (Å²) in [6.45, 7) is 0. The molecule has 3 nitrogen and oxygen atoms in total. The lowest BCUT2D eigenvalue weighted by molar-refractivity contribution is -0.147. The second-order valence-corrected chi connectivity index (χ2v) is 5.42. The molecule has 0 saturated heterocycles. The Kier molecular flexibility index (Phi) is 2.58. The van der Waals surface area contributed by atoms with Crippen molar-refractivity contribution in [3.8, 4) is 5.75 Å². The number of ether oxygens (including phenoxy) is 1. The number of benzene rings is 1. The number of hydrogen-bond donors (Lipinski definition) is 1. The molecule has 3 heteroatoms. The molecule has 2 aliphatic carbocycles. The van der Waals surface area contributed by atoms with Gasteiger partial charge in [0.15, 0.2) is 0 Å². The normalized spacial score (nSPS) is 20.1. The minimum atomic E-state index is -0.704. The minimum absolute atomic E-state index is 0.692. The third-order valence-corrected chi connectivity index (χ3v) is 4.55. The lowest BCUT2D eigenvalue weighted by Crippen LogP contribution is -2.42. The minimum Gasteiger partial charge on any atom is -0.496 e. The summed E-state index contributed by atoms with van der Waals surface area (Å²) in [5.41, 5.74) is 2.85. The first-order valence-electron chi connectivity index (χ1n) is 6.61. The number of methoxy groups -OCH3 is 1. The number of carboxylic acids is 1. The van der Waals surface area contributed by atoms with Gasteiger partial charge in [0.2, 0.25) is 0 Å². The standard InChI is InChI=1S/C15H18O3/c1-18-13-9-11-5-2-4-10(11)8-12(13)15(14(16)17)6-3-7-15/h8-9H,2-7H2,1H3,(H,16,17). The van der Waals surface area contributed by atoms with Gasteiger partial charge in [-0.2, -0.15) is 0 Å². The van der Waals surface area contributed by atoms with Gasteiger partial charge in [-0.1, -0.05) is 12.5 Å². The maximum Gasteiger partial charge on any atom is 0.314 e. The van der Waals surface area contributed by atoms with Crippen LogP contribution in [0, 0.1) is 0 Å². The molecule has 3 rings (SSSR count). The predicted molar refractivity (Wildman–Crippen MR) is 68.2 cm³/mol. The van der Waals surface area contributed by atoms with Crippen LogP contribution in [-0.2, 0) is 23.1 Å². The maximum absolute atomic E-state index is 11.6. The highest BCUT2D eigenvalue weighted by molar-refractivity contribution is 5.84. The first-order valence-corrected chi connectivity index (χ1v) is 6.61. The molecular formula is C15H18O3. The van der Waals surface area contributed by atoms with Gasteiger partial charge in [0.1, 0.15) is 5.75 Å². The molecule has 1 saturated carbocycles. The number of aryl methyl sites for hydroxylation is 2. The molecule has 0 aliphatic heterocycles. The van der Waals surface area contributed by atoms with Crippen LogP contribution in [0.2, 0.25) is 0 Å². The maximum atomic E-state index is 11.6. The van der Waals surface area contributed by atoms with Crippen molar-refractivity contribution >= 4 is 5.97 Å². The summed E-state index contributed by atoms with van der Waals surface area (Å²) >= 11 is 0. The van der Waals surface area contributed by atoms with E-state index in [2.05, 4.69) is 12.1 Å². The molecular weight excluding hydrogens is 228 g/mol. The third-order valence-electron chi connectivity index (χ3n) is 4.55. The smallest absolute Gasteiger partial charge is 0.314 e. The average Bonchev–Trinajstić information content (AvgIpc) is 2.72. The van der Waals surface area contributed by atoms with E-state index in [1.54, 1.807) is 7.11 Å². The molecule has 0 amide bonds. The lowest BCUT2D eigenvalue weighted by atomic mass is 9.64. The van der Waals surface area contributed by atoms with Crippen LogP contribution in [0.4, 0.5) is 0 Å². The van der Waals surface area contributed by atoms with Gasteiger partial charge < -0.3 is 9.84 Å². The van der Waals surface area contributed by atoms with Crippen molar-refractivity contribution in [2.75, 3.05) is 7.11 Å². The predicted octanol–water partition coefficient (Wildman–Crippen LogP) is 2.69. The molecule has 0 atom stereocenters. The van der Waals surface area contributed by atoms with Crippen LogP contribution in [-0.4, -0.2) is 18.2 Å². The van der Waals surface area contributed by atoms with Gasteiger partial charge in [0.25, 0.3) is 0 Å². The monoisotopic (exact) mass is 246 g/mol. The molecule has 96 valence electrons. The van der Waals surface area contributed by atoms with Crippen LogP contribution in [0.1, 0.15) is 42.4 Å². The molecule has 0 unspecified atom stereocenters. The molecule has 0 radical (unpaired) electrons. The topological polar surface area (TPSA) is 46.5 Å². The summed E-state index contributed by atoms with van der Waals surface area (Å²) in [5.74, 6) is 0.0581. The van der Waals surface area contributed by atoms with E-state index in [9.17, 15) is 9.90 Å². The number of carboxylic acid groups (broad SMARTS) is 1. The van der Waals surface area contributed by atoms with Gasteiger partial charge in [0.05, 0.1) is 12.5 Å².